The van der Waals surface area contributed by atoms with Gasteiger partial charge in [0, 0.05) is 12.1 Å². The third-order valence-electron chi connectivity index (χ3n) is 3.58. The quantitative estimate of drug-likeness (QED) is 0.776. The summed E-state index contributed by atoms with van der Waals surface area (Å²) in [6.45, 7) is 5.82. The molecule has 0 atom stereocenters. The molecule has 0 aliphatic rings. The van der Waals surface area contributed by atoms with E-state index in [1.807, 2.05) is 13.8 Å². The van der Waals surface area contributed by atoms with Crippen LogP contribution in [0.1, 0.15) is 47.2 Å². The summed E-state index contributed by atoms with van der Waals surface area (Å²) < 4.78 is 45.7. The van der Waals surface area contributed by atoms with Crippen molar-refractivity contribution in [3.63, 3.8) is 0 Å². The number of carbonyl (C=O) groups is 2. The Hall–Kier alpha value is -2.84. The Morgan fingerprint density at radius 3 is 2.37 bits per heavy atom. The minimum atomic E-state index is -4.81. The van der Waals surface area contributed by atoms with E-state index in [-0.39, 0.29) is 24.1 Å². The molecule has 0 saturated heterocycles. The SMILES string of the molecule is CCOC(=O)c1cnn(-c2ccc(C(=O)NCC(C)C)cc2)c1C(F)(F)F. The lowest BCUT2D eigenvalue weighted by Crippen LogP contribution is -2.27. The zero-order valence-corrected chi connectivity index (χ0v) is 15.1. The van der Waals surface area contributed by atoms with Crippen LogP contribution in [0.5, 0.6) is 0 Å². The summed E-state index contributed by atoms with van der Waals surface area (Å²) in [4.78, 5) is 23.8. The monoisotopic (exact) mass is 383 g/mol. The molecule has 0 radical (unpaired) electrons. The molecule has 0 fully saturated rings. The number of alkyl halides is 3. The van der Waals surface area contributed by atoms with Gasteiger partial charge in [0.15, 0.2) is 5.69 Å². The number of nitrogens with one attached hydrogen (secondary N) is 1. The van der Waals surface area contributed by atoms with E-state index in [0.29, 0.717) is 16.8 Å². The summed E-state index contributed by atoms with van der Waals surface area (Å²) in [5, 5.41) is 6.41. The van der Waals surface area contributed by atoms with Gasteiger partial charge in [-0.25, -0.2) is 9.48 Å². The summed E-state index contributed by atoms with van der Waals surface area (Å²) in [6, 6.07) is 5.47. The van der Waals surface area contributed by atoms with Crippen molar-refractivity contribution < 1.29 is 27.5 Å². The number of halogens is 3. The molecule has 9 heteroatoms. The highest BCUT2D eigenvalue weighted by molar-refractivity contribution is 5.94. The van der Waals surface area contributed by atoms with Gasteiger partial charge in [0.05, 0.1) is 18.5 Å². The van der Waals surface area contributed by atoms with E-state index in [1.165, 1.54) is 31.2 Å². The van der Waals surface area contributed by atoms with Crippen molar-refractivity contribution in [3.8, 4) is 5.69 Å². The second kappa shape index (κ2) is 8.24. The number of aromatic nitrogens is 2. The molecule has 0 bridgehead atoms. The van der Waals surface area contributed by atoms with E-state index < -0.39 is 23.4 Å². The zero-order chi connectivity index (χ0) is 20.2. The first-order valence-electron chi connectivity index (χ1n) is 8.36. The van der Waals surface area contributed by atoms with Gasteiger partial charge < -0.3 is 10.1 Å². The average molecular weight is 383 g/mol. The molecule has 2 aromatic rings. The molecule has 1 heterocycles. The number of rotatable bonds is 6. The van der Waals surface area contributed by atoms with Crippen molar-refractivity contribution in [2.75, 3.05) is 13.2 Å². The van der Waals surface area contributed by atoms with Crippen LogP contribution >= 0.6 is 0 Å². The molecule has 1 N–H and O–H groups in total. The van der Waals surface area contributed by atoms with Crippen LogP contribution in [0.2, 0.25) is 0 Å². The average Bonchev–Trinajstić information content (AvgIpc) is 3.05. The molecule has 0 aliphatic heterocycles. The molecule has 2 rings (SSSR count). The fraction of sp³-hybridized carbons (Fsp3) is 0.389. The fourth-order valence-electron chi connectivity index (χ4n) is 2.33. The Bertz CT molecular complexity index is 811. The van der Waals surface area contributed by atoms with Crippen molar-refractivity contribution in [3.05, 3.63) is 47.3 Å². The first-order chi connectivity index (χ1) is 12.6. The van der Waals surface area contributed by atoms with Crippen LogP contribution in [0, 0.1) is 5.92 Å². The predicted octanol–water partition coefficient (Wildman–Crippen LogP) is 3.45. The standard InChI is InChI=1S/C18H20F3N3O3/c1-4-27-17(26)14-10-23-24(15(14)18(19,20)21)13-7-5-12(6-8-13)16(25)22-9-11(2)3/h5-8,10-11H,4,9H2,1-3H3,(H,22,25). The Kier molecular flexibility index (Phi) is 6.24. The largest absolute Gasteiger partial charge is 0.462 e. The molecule has 0 aliphatic carbocycles. The predicted molar refractivity (Wildman–Crippen MR) is 91.7 cm³/mol. The normalized spacial score (nSPS) is 11.5. The zero-order valence-electron chi connectivity index (χ0n) is 15.1. The molecule has 146 valence electrons. The Morgan fingerprint density at radius 1 is 1.22 bits per heavy atom. The third kappa shape index (κ3) is 4.87. The van der Waals surface area contributed by atoms with Gasteiger partial charge in [-0.1, -0.05) is 13.8 Å². The second-order valence-electron chi connectivity index (χ2n) is 6.19. The van der Waals surface area contributed by atoms with E-state index in [4.69, 9.17) is 0 Å². The molecule has 6 nitrogen and oxygen atoms in total. The van der Waals surface area contributed by atoms with Crippen LogP contribution in [-0.2, 0) is 10.9 Å². The van der Waals surface area contributed by atoms with Crippen molar-refractivity contribution in [2.45, 2.75) is 26.9 Å². The van der Waals surface area contributed by atoms with Gasteiger partial charge in [-0.3, -0.25) is 4.79 Å². The Balaban J connectivity index is 2.35. The highest BCUT2D eigenvalue weighted by Crippen LogP contribution is 2.34. The van der Waals surface area contributed by atoms with Crippen LogP contribution in [0.4, 0.5) is 13.2 Å². The second-order valence-corrected chi connectivity index (χ2v) is 6.19. The summed E-state index contributed by atoms with van der Waals surface area (Å²) in [5.74, 6) is -1.15. The summed E-state index contributed by atoms with van der Waals surface area (Å²) >= 11 is 0. The number of amides is 1. The number of benzene rings is 1. The maximum Gasteiger partial charge on any atom is 0.434 e. The van der Waals surface area contributed by atoms with Crippen molar-refractivity contribution in [1.82, 2.24) is 15.1 Å². The van der Waals surface area contributed by atoms with E-state index in [1.54, 1.807) is 0 Å². The van der Waals surface area contributed by atoms with Crippen LogP contribution in [0.3, 0.4) is 0 Å². The molecule has 1 amide bonds. The van der Waals surface area contributed by atoms with E-state index in [9.17, 15) is 22.8 Å². The van der Waals surface area contributed by atoms with Gasteiger partial charge in [0.25, 0.3) is 5.91 Å². The van der Waals surface area contributed by atoms with Gasteiger partial charge in [0.1, 0.15) is 5.56 Å². The summed E-state index contributed by atoms with van der Waals surface area (Å²) in [7, 11) is 0. The third-order valence-corrected chi connectivity index (χ3v) is 3.58. The van der Waals surface area contributed by atoms with Gasteiger partial charge in [-0.05, 0) is 37.1 Å². The van der Waals surface area contributed by atoms with E-state index in [2.05, 4.69) is 15.2 Å². The first kappa shape index (κ1) is 20.5. The van der Waals surface area contributed by atoms with E-state index in [0.717, 1.165) is 6.20 Å². The summed E-state index contributed by atoms with van der Waals surface area (Å²) in [5.41, 5.74) is -1.51. The molecule has 1 aromatic heterocycles. The first-order valence-corrected chi connectivity index (χ1v) is 8.36. The summed E-state index contributed by atoms with van der Waals surface area (Å²) in [6.07, 6.45) is -3.99. The van der Waals surface area contributed by atoms with Gasteiger partial charge >= 0.3 is 12.1 Å². The molecule has 1 aromatic carbocycles. The van der Waals surface area contributed by atoms with Crippen molar-refractivity contribution >= 4 is 11.9 Å². The van der Waals surface area contributed by atoms with Crippen molar-refractivity contribution in [2.24, 2.45) is 5.92 Å². The minimum absolute atomic E-state index is 0.0541. The molecule has 0 spiro atoms. The molecular weight excluding hydrogens is 363 g/mol. The van der Waals surface area contributed by atoms with Gasteiger partial charge in [-0.15, -0.1) is 0 Å². The van der Waals surface area contributed by atoms with Crippen LogP contribution < -0.4 is 5.32 Å². The molecule has 27 heavy (non-hydrogen) atoms. The van der Waals surface area contributed by atoms with Gasteiger partial charge in [0.2, 0.25) is 0 Å². The Morgan fingerprint density at radius 2 is 1.85 bits per heavy atom. The molecule has 0 unspecified atom stereocenters. The van der Waals surface area contributed by atoms with Crippen LogP contribution in [-0.4, -0.2) is 34.8 Å². The maximum absolute atomic E-state index is 13.5. The lowest BCUT2D eigenvalue weighted by molar-refractivity contribution is -0.143. The highest BCUT2D eigenvalue weighted by atomic mass is 19.4. The number of hydrogen-bond donors (Lipinski definition) is 1. The fourth-order valence-corrected chi connectivity index (χ4v) is 2.33. The number of carbonyl (C=O) groups excluding carboxylic acids is 2. The van der Waals surface area contributed by atoms with Crippen molar-refractivity contribution in [1.29, 1.82) is 0 Å². The highest BCUT2D eigenvalue weighted by Gasteiger charge is 2.41. The lowest BCUT2D eigenvalue weighted by Gasteiger charge is -2.13. The smallest absolute Gasteiger partial charge is 0.434 e. The molecular formula is C18H20F3N3O3. The van der Waals surface area contributed by atoms with E-state index >= 15 is 0 Å². The maximum atomic E-state index is 13.5. The van der Waals surface area contributed by atoms with Gasteiger partial charge in [-0.2, -0.15) is 18.3 Å². The Labute approximate surface area is 154 Å². The lowest BCUT2D eigenvalue weighted by atomic mass is 10.1. The number of ether oxygens (including phenoxy) is 1. The van der Waals surface area contributed by atoms with Crippen LogP contribution in [0.15, 0.2) is 30.5 Å². The number of nitrogens with zero attached hydrogens (tertiary/aromatic N) is 2. The number of hydrogen-bond acceptors (Lipinski definition) is 4. The topological polar surface area (TPSA) is 73.2 Å². The molecule has 0 saturated carbocycles. The van der Waals surface area contributed by atoms with Crippen LogP contribution in [0.25, 0.3) is 5.69 Å². The minimum Gasteiger partial charge on any atom is -0.462 e. The number of esters is 1.